The predicted molar refractivity (Wildman–Crippen MR) is 118 cm³/mol. The van der Waals surface area contributed by atoms with E-state index in [1.807, 2.05) is 60.7 Å². The van der Waals surface area contributed by atoms with Crippen molar-refractivity contribution in [3.8, 4) is 11.9 Å². The van der Waals surface area contributed by atoms with Crippen molar-refractivity contribution in [3.05, 3.63) is 95.7 Å². The molecule has 5 nitrogen and oxygen atoms in total. The van der Waals surface area contributed by atoms with Crippen LogP contribution in [0.25, 0.3) is 0 Å². The Morgan fingerprint density at radius 3 is 2.06 bits per heavy atom. The Kier molecular flexibility index (Phi) is 6.59. The third-order valence-electron chi connectivity index (χ3n) is 5.70. The minimum Gasteiger partial charge on any atom is -0.474 e. The van der Waals surface area contributed by atoms with Crippen LogP contribution in [0, 0.1) is 11.3 Å². The molecular weight excluding hydrogens is 386 g/mol. The Bertz CT molecular complexity index is 982. The summed E-state index contributed by atoms with van der Waals surface area (Å²) < 4.78 is 5.96. The van der Waals surface area contributed by atoms with Gasteiger partial charge in [-0.1, -0.05) is 60.7 Å². The zero-order valence-corrected chi connectivity index (χ0v) is 17.3. The molecule has 4 rings (SSSR count). The van der Waals surface area contributed by atoms with E-state index in [0.717, 1.165) is 36.8 Å². The van der Waals surface area contributed by atoms with Crippen molar-refractivity contribution < 1.29 is 9.53 Å². The van der Waals surface area contributed by atoms with Crippen LogP contribution in [0.1, 0.15) is 48.3 Å². The number of nitriles is 1. The van der Waals surface area contributed by atoms with Crippen LogP contribution in [0.5, 0.6) is 5.88 Å². The molecule has 0 spiro atoms. The highest BCUT2D eigenvalue weighted by Gasteiger charge is 2.28. The van der Waals surface area contributed by atoms with Gasteiger partial charge in [0.05, 0.1) is 11.5 Å². The number of nitrogens with zero attached hydrogens (tertiary/aromatic N) is 2. The number of hydrogen-bond acceptors (Lipinski definition) is 4. The van der Waals surface area contributed by atoms with Crippen molar-refractivity contribution in [2.75, 3.05) is 0 Å². The molecule has 1 heterocycles. The molecule has 0 saturated heterocycles. The highest BCUT2D eigenvalue weighted by molar-refractivity contribution is 5.87. The monoisotopic (exact) mass is 411 g/mol. The van der Waals surface area contributed by atoms with Crippen LogP contribution in [0.2, 0.25) is 0 Å². The maximum Gasteiger partial charge on any atom is 0.232 e. The zero-order chi connectivity index (χ0) is 21.5. The molecule has 1 amide bonds. The Hall–Kier alpha value is -3.65. The molecule has 0 radical (unpaired) electrons. The molecule has 1 fully saturated rings. The van der Waals surface area contributed by atoms with E-state index in [1.54, 1.807) is 12.1 Å². The van der Waals surface area contributed by atoms with Crippen LogP contribution in [0.3, 0.4) is 0 Å². The van der Waals surface area contributed by atoms with Crippen molar-refractivity contribution in [2.45, 2.75) is 43.7 Å². The quantitative estimate of drug-likeness (QED) is 0.644. The Labute approximate surface area is 182 Å². The minimum absolute atomic E-state index is 0.0375. The second-order valence-corrected chi connectivity index (χ2v) is 7.85. The molecule has 1 aliphatic carbocycles. The van der Waals surface area contributed by atoms with Crippen LogP contribution >= 0.6 is 0 Å². The summed E-state index contributed by atoms with van der Waals surface area (Å²) in [5.74, 6) is 0.259. The summed E-state index contributed by atoms with van der Waals surface area (Å²) in [6, 6.07) is 25.5. The van der Waals surface area contributed by atoms with E-state index < -0.39 is 0 Å². The fourth-order valence-corrected chi connectivity index (χ4v) is 4.08. The maximum absolute atomic E-state index is 13.3. The van der Waals surface area contributed by atoms with Gasteiger partial charge in [-0.05, 0) is 42.9 Å². The van der Waals surface area contributed by atoms with Gasteiger partial charge >= 0.3 is 0 Å². The molecule has 156 valence electrons. The van der Waals surface area contributed by atoms with E-state index in [0.29, 0.717) is 11.4 Å². The summed E-state index contributed by atoms with van der Waals surface area (Å²) in [6.45, 7) is 0. The van der Waals surface area contributed by atoms with E-state index in [2.05, 4.69) is 16.4 Å². The molecule has 31 heavy (non-hydrogen) atoms. The first-order chi connectivity index (χ1) is 15.2. The van der Waals surface area contributed by atoms with Gasteiger partial charge in [0.15, 0.2) is 0 Å². The standard InChI is InChI=1S/C26H25N3O2/c27-17-19-11-16-24(28-18-19)31-23-14-12-22(13-15-23)29-26(30)25(20-7-3-1-4-8-20)21-9-5-2-6-10-21/h1-11,16,18,22-23,25H,12-15H2,(H,29,30). The normalized spacial score (nSPS) is 18.2. The highest BCUT2D eigenvalue weighted by atomic mass is 16.5. The molecule has 5 heteroatoms. The fraction of sp³-hybridized carbons (Fsp3) is 0.269. The zero-order valence-electron chi connectivity index (χ0n) is 17.3. The van der Waals surface area contributed by atoms with Crippen LogP contribution in [0.15, 0.2) is 79.0 Å². The van der Waals surface area contributed by atoms with Crippen molar-refractivity contribution in [2.24, 2.45) is 0 Å². The van der Waals surface area contributed by atoms with E-state index in [4.69, 9.17) is 10.00 Å². The molecule has 1 aliphatic rings. The molecule has 0 aliphatic heterocycles. The van der Waals surface area contributed by atoms with E-state index in [-0.39, 0.29) is 24.0 Å². The molecule has 1 aromatic heterocycles. The highest BCUT2D eigenvalue weighted by Crippen LogP contribution is 2.27. The Balaban J connectivity index is 1.36. The molecule has 1 saturated carbocycles. The number of aromatic nitrogens is 1. The van der Waals surface area contributed by atoms with Gasteiger partial charge in [0.1, 0.15) is 12.2 Å². The molecule has 1 N–H and O–H groups in total. The molecule has 0 unspecified atom stereocenters. The largest absolute Gasteiger partial charge is 0.474 e. The predicted octanol–water partition coefficient (Wildman–Crippen LogP) is 4.59. The number of carbonyl (C=O) groups excluding carboxylic acids is 1. The summed E-state index contributed by atoms with van der Waals surface area (Å²) in [5, 5.41) is 12.1. The van der Waals surface area contributed by atoms with Crippen LogP contribution in [0.4, 0.5) is 0 Å². The van der Waals surface area contributed by atoms with Crippen molar-refractivity contribution in [1.82, 2.24) is 10.3 Å². The smallest absolute Gasteiger partial charge is 0.232 e. The first kappa shape index (κ1) is 20.6. The topological polar surface area (TPSA) is 75.0 Å². The van der Waals surface area contributed by atoms with Gasteiger partial charge in [0.2, 0.25) is 11.8 Å². The summed E-state index contributed by atoms with van der Waals surface area (Å²) in [6.07, 6.45) is 5.04. The van der Waals surface area contributed by atoms with E-state index in [9.17, 15) is 4.79 Å². The van der Waals surface area contributed by atoms with Gasteiger partial charge in [-0.15, -0.1) is 0 Å². The van der Waals surface area contributed by atoms with E-state index in [1.165, 1.54) is 6.20 Å². The van der Waals surface area contributed by atoms with Gasteiger partial charge in [0, 0.05) is 18.3 Å². The average Bonchev–Trinajstić information content (AvgIpc) is 2.82. The van der Waals surface area contributed by atoms with E-state index >= 15 is 0 Å². The number of nitrogens with one attached hydrogen (secondary N) is 1. The van der Waals surface area contributed by atoms with Gasteiger partial charge in [0.25, 0.3) is 0 Å². The number of carbonyl (C=O) groups is 1. The summed E-state index contributed by atoms with van der Waals surface area (Å²) in [7, 11) is 0. The lowest BCUT2D eigenvalue weighted by Gasteiger charge is -2.30. The minimum atomic E-state index is -0.320. The van der Waals surface area contributed by atoms with Crippen LogP contribution in [-0.4, -0.2) is 23.0 Å². The Morgan fingerprint density at radius 1 is 0.935 bits per heavy atom. The summed E-state index contributed by atoms with van der Waals surface area (Å²) in [4.78, 5) is 17.5. The number of benzene rings is 2. The first-order valence-electron chi connectivity index (χ1n) is 10.7. The molecule has 0 atom stereocenters. The number of rotatable bonds is 6. The van der Waals surface area contributed by atoms with Crippen molar-refractivity contribution in [1.29, 1.82) is 5.26 Å². The van der Waals surface area contributed by atoms with Crippen LogP contribution in [-0.2, 0) is 4.79 Å². The number of pyridine rings is 1. The van der Waals surface area contributed by atoms with Crippen molar-refractivity contribution >= 4 is 5.91 Å². The lowest BCUT2D eigenvalue weighted by molar-refractivity contribution is -0.122. The number of amides is 1. The molecular formula is C26H25N3O2. The molecule has 2 aromatic carbocycles. The second-order valence-electron chi connectivity index (χ2n) is 7.85. The number of ether oxygens (including phenoxy) is 1. The van der Waals surface area contributed by atoms with Gasteiger partial charge in [-0.2, -0.15) is 5.26 Å². The molecule has 3 aromatic rings. The van der Waals surface area contributed by atoms with Gasteiger partial charge in [-0.3, -0.25) is 4.79 Å². The third-order valence-corrected chi connectivity index (χ3v) is 5.70. The maximum atomic E-state index is 13.3. The lowest BCUT2D eigenvalue weighted by atomic mass is 9.88. The van der Waals surface area contributed by atoms with Crippen LogP contribution < -0.4 is 10.1 Å². The number of hydrogen-bond donors (Lipinski definition) is 1. The summed E-state index contributed by atoms with van der Waals surface area (Å²) >= 11 is 0. The second kappa shape index (κ2) is 9.90. The SMILES string of the molecule is N#Cc1ccc(OC2CCC(NC(=O)C(c3ccccc3)c3ccccc3)CC2)nc1. The average molecular weight is 412 g/mol. The molecule has 0 bridgehead atoms. The summed E-state index contributed by atoms with van der Waals surface area (Å²) in [5.41, 5.74) is 2.51. The van der Waals surface area contributed by atoms with Crippen molar-refractivity contribution in [3.63, 3.8) is 0 Å². The lowest BCUT2D eigenvalue weighted by Crippen LogP contribution is -2.42. The fourth-order valence-electron chi connectivity index (χ4n) is 4.08. The van der Waals surface area contributed by atoms with Gasteiger partial charge < -0.3 is 10.1 Å². The third kappa shape index (κ3) is 5.29. The Morgan fingerprint density at radius 2 is 1.55 bits per heavy atom. The first-order valence-corrected chi connectivity index (χ1v) is 10.7. The van der Waals surface area contributed by atoms with Gasteiger partial charge in [-0.25, -0.2) is 4.98 Å².